The molecule has 4 rings (SSSR count). The van der Waals surface area contributed by atoms with Crippen molar-refractivity contribution in [3.63, 3.8) is 0 Å². The number of benzene rings is 3. The van der Waals surface area contributed by atoms with E-state index in [0.29, 0.717) is 21.8 Å². The molecular formula is C26H23ClN2O2. The summed E-state index contributed by atoms with van der Waals surface area (Å²) in [5, 5.41) is 3.82. The van der Waals surface area contributed by atoms with E-state index in [9.17, 15) is 9.59 Å². The Balaban J connectivity index is 1.87. The van der Waals surface area contributed by atoms with Gasteiger partial charge in [0.25, 0.3) is 11.8 Å². The quantitative estimate of drug-likeness (QED) is 0.518. The Morgan fingerprint density at radius 2 is 1.39 bits per heavy atom. The van der Waals surface area contributed by atoms with Gasteiger partial charge in [-0.25, -0.2) is 4.90 Å². The van der Waals surface area contributed by atoms with Crippen molar-refractivity contribution in [1.29, 1.82) is 0 Å². The summed E-state index contributed by atoms with van der Waals surface area (Å²) in [5.74, 6) is -0.727. The van der Waals surface area contributed by atoms with E-state index < -0.39 is 0 Å². The third-order valence-corrected chi connectivity index (χ3v) is 5.71. The van der Waals surface area contributed by atoms with Gasteiger partial charge in [0.15, 0.2) is 0 Å². The van der Waals surface area contributed by atoms with Gasteiger partial charge in [0, 0.05) is 10.7 Å². The number of imide groups is 1. The van der Waals surface area contributed by atoms with Crippen LogP contribution in [0.15, 0.2) is 66.4 Å². The van der Waals surface area contributed by atoms with Crippen LogP contribution < -0.4 is 10.2 Å². The second kappa shape index (κ2) is 8.05. The molecule has 0 unspecified atom stereocenters. The first-order valence-corrected chi connectivity index (χ1v) is 10.4. The molecule has 0 saturated carbocycles. The average Bonchev–Trinajstić information content (AvgIpc) is 2.96. The zero-order chi connectivity index (χ0) is 22.3. The van der Waals surface area contributed by atoms with Crippen molar-refractivity contribution in [2.75, 3.05) is 10.2 Å². The van der Waals surface area contributed by atoms with Gasteiger partial charge in [-0.05, 0) is 74.2 Å². The van der Waals surface area contributed by atoms with E-state index in [2.05, 4.69) is 5.32 Å². The summed E-state index contributed by atoms with van der Waals surface area (Å²) >= 11 is 6.05. The lowest BCUT2D eigenvalue weighted by molar-refractivity contribution is -0.120. The van der Waals surface area contributed by atoms with E-state index >= 15 is 0 Å². The van der Waals surface area contributed by atoms with Crippen molar-refractivity contribution in [2.45, 2.75) is 27.7 Å². The highest BCUT2D eigenvalue weighted by molar-refractivity contribution is 6.46. The van der Waals surface area contributed by atoms with Gasteiger partial charge in [-0.1, -0.05) is 53.6 Å². The molecule has 2 amide bonds. The molecule has 156 valence electrons. The predicted octanol–water partition coefficient (Wildman–Crippen LogP) is 5.97. The number of rotatable bonds is 4. The van der Waals surface area contributed by atoms with Gasteiger partial charge in [-0.15, -0.1) is 0 Å². The topological polar surface area (TPSA) is 49.4 Å². The molecule has 5 heteroatoms. The zero-order valence-electron chi connectivity index (χ0n) is 17.9. The molecular weight excluding hydrogens is 408 g/mol. The number of carbonyl (C=O) groups excluding carboxylic acids is 2. The van der Waals surface area contributed by atoms with Crippen LogP contribution >= 0.6 is 11.6 Å². The number of halogens is 1. The van der Waals surface area contributed by atoms with Gasteiger partial charge in [-0.2, -0.15) is 0 Å². The third kappa shape index (κ3) is 3.87. The highest BCUT2D eigenvalue weighted by atomic mass is 35.5. The fourth-order valence-electron chi connectivity index (χ4n) is 3.81. The normalized spacial score (nSPS) is 13.9. The second-order valence-corrected chi connectivity index (χ2v) is 8.37. The van der Waals surface area contributed by atoms with Crippen LogP contribution in [0.5, 0.6) is 0 Å². The molecule has 0 aromatic heterocycles. The van der Waals surface area contributed by atoms with Gasteiger partial charge in [0.1, 0.15) is 5.70 Å². The van der Waals surface area contributed by atoms with E-state index in [0.717, 1.165) is 27.9 Å². The minimum atomic E-state index is -0.372. The lowest BCUT2D eigenvalue weighted by Gasteiger charge is -2.18. The Kier molecular flexibility index (Phi) is 5.42. The summed E-state index contributed by atoms with van der Waals surface area (Å²) in [6, 6.07) is 18.6. The number of hydrogen-bond acceptors (Lipinski definition) is 3. The van der Waals surface area contributed by atoms with Crippen LogP contribution in [0.2, 0.25) is 5.02 Å². The Morgan fingerprint density at radius 1 is 0.742 bits per heavy atom. The number of aryl methyl sites for hydroxylation is 4. The van der Waals surface area contributed by atoms with Crippen molar-refractivity contribution in [3.05, 3.63) is 99.2 Å². The predicted molar refractivity (Wildman–Crippen MR) is 126 cm³/mol. The number of amides is 2. The second-order valence-electron chi connectivity index (χ2n) is 7.94. The molecule has 31 heavy (non-hydrogen) atoms. The maximum Gasteiger partial charge on any atom is 0.282 e. The van der Waals surface area contributed by atoms with Crippen LogP contribution in [0.1, 0.15) is 27.8 Å². The number of nitrogens with one attached hydrogen (secondary N) is 1. The zero-order valence-corrected chi connectivity index (χ0v) is 18.7. The van der Waals surface area contributed by atoms with Crippen LogP contribution in [-0.2, 0) is 9.59 Å². The van der Waals surface area contributed by atoms with Gasteiger partial charge in [0.2, 0.25) is 0 Å². The summed E-state index contributed by atoms with van der Waals surface area (Å²) in [6.07, 6.45) is 0. The number of carbonyl (C=O) groups is 2. The van der Waals surface area contributed by atoms with E-state index in [1.807, 2.05) is 64.1 Å². The molecule has 1 aliphatic rings. The van der Waals surface area contributed by atoms with E-state index in [1.54, 1.807) is 24.3 Å². The largest absolute Gasteiger partial charge is 0.350 e. The standard InChI is InChI=1S/C26H23ClN2O2/c1-15-6-12-22(18(4)13-15)29-25(30)23(19-8-10-20(27)11-9-19)24(26(29)31)28-21-14-16(2)5-7-17(21)3/h5-14,28H,1-4H3. The first kappa shape index (κ1) is 20.9. The van der Waals surface area contributed by atoms with Crippen LogP contribution in [0.25, 0.3) is 5.57 Å². The fourth-order valence-corrected chi connectivity index (χ4v) is 3.94. The SMILES string of the molecule is Cc1ccc(N2C(=O)C(Nc3cc(C)ccc3C)=C(c3ccc(Cl)cc3)C2=O)c(C)c1. The molecule has 1 N–H and O–H groups in total. The molecule has 0 bridgehead atoms. The van der Waals surface area contributed by atoms with Gasteiger partial charge in [-0.3, -0.25) is 9.59 Å². The van der Waals surface area contributed by atoms with Crippen LogP contribution in [0.4, 0.5) is 11.4 Å². The summed E-state index contributed by atoms with van der Waals surface area (Å²) in [4.78, 5) is 28.4. The molecule has 4 nitrogen and oxygen atoms in total. The minimum Gasteiger partial charge on any atom is -0.350 e. The van der Waals surface area contributed by atoms with Gasteiger partial charge in [0.05, 0.1) is 11.3 Å². The Labute approximate surface area is 187 Å². The van der Waals surface area contributed by atoms with E-state index in [4.69, 9.17) is 11.6 Å². The molecule has 1 heterocycles. The fraction of sp³-hybridized carbons (Fsp3) is 0.154. The summed E-state index contributed by atoms with van der Waals surface area (Å²) in [5.41, 5.74) is 6.61. The van der Waals surface area contributed by atoms with Gasteiger partial charge < -0.3 is 5.32 Å². The number of anilines is 2. The molecule has 3 aromatic rings. The maximum absolute atomic E-state index is 13.6. The highest BCUT2D eigenvalue weighted by Crippen LogP contribution is 2.36. The van der Waals surface area contributed by atoms with Gasteiger partial charge >= 0.3 is 0 Å². The van der Waals surface area contributed by atoms with Crippen LogP contribution in [0.3, 0.4) is 0 Å². The molecule has 3 aromatic carbocycles. The van der Waals surface area contributed by atoms with E-state index in [1.165, 1.54) is 4.90 Å². The number of hydrogen-bond donors (Lipinski definition) is 1. The number of nitrogens with zero attached hydrogens (tertiary/aromatic N) is 1. The maximum atomic E-state index is 13.6. The molecule has 0 atom stereocenters. The van der Waals surface area contributed by atoms with Crippen molar-refractivity contribution in [1.82, 2.24) is 0 Å². The van der Waals surface area contributed by atoms with Crippen molar-refractivity contribution in [2.24, 2.45) is 0 Å². The average molecular weight is 431 g/mol. The van der Waals surface area contributed by atoms with Crippen molar-refractivity contribution in [3.8, 4) is 0 Å². The lowest BCUT2D eigenvalue weighted by atomic mass is 10.0. The lowest BCUT2D eigenvalue weighted by Crippen LogP contribution is -2.33. The molecule has 0 spiro atoms. The Hall–Kier alpha value is -3.37. The molecule has 0 saturated heterocycles. The molecule has 0 fully saturated rings. The summed E-state index contributed by atoms with van der Waals surface area (Å²) in [7, 11) is 0. The van der Waals surface area contributed by atoms with Crippen molar-refractivity contribution >= 4 is 40.4 Å². The molecule has 1 aliphatic heterocycles. The first-order chi connectivity index (χ1) is 14.8. The third-order valence-electron chi connectivity index (χ3n) is 5.46. The Bertz CT molecular complexity index is 1240. The monoisotopic (exact) mass is 430 g/mol. The van der Waals surface area contributed by atoms with Crippen molar-refractivity contribution < 1.29 is 9.59 Å². The molecule has 0 radical (unpaired) electrons. The minimum absolute atomic E-state index is 0.265. The van der Waals surface area contributed by atoms with Crippen LogP contribution in [-0.4, -0.2) is 11.8 Å². The van der Waals surface area contributed by atoms with E-state index in [-0.39, 0.29) is 17.5 Å². The smallest absolute Gasteiger partial charge is 0.282 e. The van der Waals surface area contributed by atoms with Crippen LogP contribution in [0, 0.1) is 27.7 Å². The molecule has 0 aliphatic carbocycles. The summed E-state index contributed by atoms with van der Waals surface area (Å²) in [6.45, 7) is 7.84. The Morgan fingerprint density at radius 3 is 2.06 bits per heavy atom. The highest BCUT2D eigenvalue weighted by Gasteiger charge is 2.40. The summed E-state index contributed by atoms with van der Waals surface area (Å²) < 4.78 is 0. The first-order valence-electron chi connectivity index (χ1n) is 10.1.